The molecule has 6 heteroatoms. The van der Waals surface area contributed by atoms with Gasteiger partial charge in [0.2, 0.25) is 5.88 Å². The Balaban J connectivity index is 3.27. The Bertz CT molecular complexity index is 331. The third-order valence-corrected chi connectivity index (χ3v) is 1.68. The summed E-state index contributed by atoms with van der Waals surface area (Å²) in [6.07, 6.45) is -2.92. The fourth-order valence-electron chi connectivity index (χ4n) is 1.04. The summed E-state index contributed by atoms with van der Waals surface area (Å²) in [5.74, 6) is -1.11. The van der Waals surface area contributed by atoms with Crippen LogP contribution in [0.1, 0.15) is 17.7 Å². The number of hydrogen-bond donors (Lipinski definition) is 1. The molecule has 14 heavy (non-hydrogen) atoms. The summed E-state index contributed by atoms with van der Waals surface area (Å²) in [6, 6.07) is 0.806. The molecule has 0 bridgehead atoms. The lowest BCUT2D eigenvalue weighted by atomic mass is 10.2. The zero-order chi connectivity index (χ0) is 10.7. The first-order valence-electron chi connectivity index (χ1n) is 3.81. The minimum absolute atomic E-state index is 0.0626. The van der Waals surface area contributed by atoms with E-state index in [1.54, 1.807) is 0 Å². The normalized spacial score (nSPS) is 10.7. The van der Waals surface area contributed by atoms with E-state index in [-0.39, 0.29) is 18.1 Å². The Labute approximate surface area is 78.7 Å². The van der Waals surface area contributed by atoms with Gasteiger partial charge in [-0.05, 0) is 0 Å². The number of rotatable bonds is 3. The highest BCUT2D eigenvalue weighted by Crippen LogP contribution is 2.26. The smallest absolute Gasteiger partial charge is 0.268 e. The van der Waals surface area contributed by atoms with Crippen LogP contribution in [0.3, 0.4) is 0 Å². The number of hydrogen-bond acceptors (Lipinski definition) is 3. The van der Waals surface area contributed by atoms with Crippen LogP contribution in [0.15, 0.2) is 6.07 Å². The molecule has 0 radical (unpaired) electrons. The third-order valence-electron chi connectivity index (χ3n) is 1.68. The van der Waals surface area contributed by atoms with Crippen molar-refractivity contribution in [2.24, 2.45) is 5.73 Å². The van der Waals surface area contributed by atoms with Gasteiger partial charge in [-0.3, -0.25) is 0 Å². The van der Waals surface area contributed by atoms with Crippen LogP contribution in [-0.2, 0) is 6.54 Å². The molecule has 3 nitrogen and oxygen atoms in total. The molecule has 0 saturated carbocycles. The van der Waals surface area contributed by atoms with Gasteiger partial charge in [0, 0.05) is 12.6 Å². The summed E-state index contributed by atoms with van der Waals surface area (Å²) in [7, 11) is 1.27. The molecule has 0 aliphatic rings. The van der Waals surface area contributed by atoms with E-state index in [0.717, 1.165) is 6.07 Å². The maximum Gasteiger partial charge on any atom is 0.268 e. The second kappa shape index (κ2) is 4.28. The molecule has 0 spiro atoms. The maximum absolute atomic E-state index is 13.1. The molecule has 1 aromatic rings. The van der Waals surface area contributed by atoms with Gasteiger partial charge < -0.3 is 10.5 Å². The lowest BCUT2D eigenvalue weighted by Crippen LogP contribution is -2.08. The number of halogens is 3. The SMILES string of the molecule is COc1cc(F)c(C(F)F)c(CN)n1. The van der Waals surface area contributed by atoms with Crippen molar-refractivity contribution in [2.75, 3.05) is 7.11 Å². The Morgan fingerprint density at radius 3 is 2.64 bits per heavy atom. The van der Waals surface area contributed by atoms with Crippen molar-refractivity contribution < 1.29 is 17.9 Å². The third kappa shape index (κ3) is 1.95. The number of nitrogens with two attached hydrogens (primary N) is 1. The monoisotopic (exact) mass is 206 g/mol. The molecule has 1 aromatic heterocycles. The Morgan fingerprint density at radius 2 is 2.21 bits per heavy atom. The van der Waals surface area contributed by atoms with Crippen LogP contribution in [-0.4, -0.2) is 12.1 Å². The van der Waals surface area contributed by atoms with E-state index >= 15 is 0 Å². The fourth-order valence-corrected chi connectivity index (χ4v) is 1.04. The highest BCUT2D eigenvalue weighted by molar-refractivity contribution is 5.28. The second-order valence-electron chi connectivity index (χ2n) is 2.51. The van der Waals surface area contributed by atoms with Crippen molar-refractivity contribution in [3.63, 3.8) is 0 Å². The standard InChI is InChI=1S/C8H9F3N2O/c1-14-6-2-4(9)7(8(10)11)5(3-12)13-6/h2,8H,3,12H2,1H3. The number of alkyl halides is 2. The predicted octanol–water partition coefficient (Wildman–Crippen LogP) is 1.63. The van der Waals surface area contributed by atoms with Crippen LogP contribution < -0.4 is 10.5 Å². The zero-order valence-corrected chi connectivity index (χ0v) is 7.43. The molecule has 78 valence electrons. The van der Waals surface area contributed by atoms with Gasteiger partial charge in [-0.15, -0.1) is 0 Å². The molecular weight excluding hydrogens is 197 g/mol. The van der Waals surface area contributed by atoms with E-state index in [2.05, 4.69) is 9.72 Å². The average molecular weight is 206 g/mol. The van der Waals surface area contributed by atoms with E-state index in [1.807, 2.05) is 0 Å². The average Bonchev–Trinajstić information content (AvgIpc) is 2.15. The van der Waals surface area contributed by atoms with Gasteiger partial charge in [0.15, 0.2) is 0 Å². The topological polar surface area (TPSA) is 48.1 Å². The summed E-state index contributed by atoms with van der Waals surface area (Å²) in [6.45, 7) is -0.256. The second-order valence-corrected chi connectivity index (χ2v) is 2.51. The van der Waals surface area contributed by atoms with Crippen LogP contribution in [0.5, 0.6) is 5.88 Å². The zero-order valence-electron chi connectivity index (χ0n) is 7.43. The molecule has 0 fully saturated rings. The van der Waals surface area contributed by atoms with Crippen molar-refractivity contribution in [3.8, 4) is 5.88 Å². The molecule has 0 amide bonds. The summed E-state index contributed by atoms with van der Waals surface area (Å²) in [4.78, 5) is 3.62. The van der Waals surface area contributed by atoms with Gasteiger partial charge in [-0.2, -0.15) is 0 Å². The highest BCUT2D eigenvalue weighted by atomic mass is 19.3. The number of pyridine rings is 1. The van der Waals surface area contributed by atoms with Gasteiger partial charge in [0.25, 0.3) is 6.43 Å². The van der Waals surface area contributed by atoms with E-state index in [1.165, 1.54) is 7.11 Å². The van der Waals surface area contributed by atoms with Gasteiger partial charge >= 0.3 is 0 Å². The van der Waals surface area contributed by atoms with Crippen LogP contribution in [0.2, 0.25) is 0 Å². The largest absolute Gasteiger partial charge is 0.481 e. The number of methoxy groups -OCH3 is 1. The molecule has 1 rings (SSSR count). The van der Waals surface area contributed by atoms with E-state index in [9.17, 15) is 13.2 Å². The van der Waals surface area contributed by atoms with Crippen molar-refractivity contribution in [3.05, 3.63) is 23.1 Å². The predicted molar refractivity (Wildman–Crippen MR) is 43.6 cm³/mol. The Morgan fingerprint density at radius 1 is 1.57 bits per heavy atom. The van der Waals surface area contributed by atoms with Gasteiger partial charge in [0.1, 0.15) is 5.82 Å². The van der Waals surface area contributed by atoms with Crippen molar-refractivity contribution in [2.45, 2.75) is 13.0 Å². The lowest BCUT2D eigenvalue weighted by molar-refractivity contribution is 0.144. The summed E-state index contributed by atoms with van der Waals surface area (Å²) >= 11 is 0. The molecule has 0 atom stereocenters. The van der Waals surface area contributed by atoms with Crippen molar-refractivity contribution in [1.82, 2.24) is 4.98 Å². The van der Waals surface area contributed by atoms with Gasteiger partial charge in [-0.25, -0.2) is 18.2 Å². The quantitative estimate of drug-likeness (QED) is 0.817. The number of nitrogens with zero attached hydrogens (tertiary/aromatic N) is 1. The summed E-state index contributed by atoms with van der Waals surface area (Å²) in [5.41, 5.74) is 4.22. The first-order valence-corrected chi connectivity index (χ1v) is 3.81. The fraction of sp³-hybridized carbons (Fsp3) is 0.375. The molecule has 0 aromatic carbocycles. The molecule has 2 N–H and O–H groups in total. The van der Waals surface area contributed by atoms with Crippen LogP contribution in [0.4, 0.5) is 13.2 Å². The van der Waals surface area contributed by atoms with E-state index < -0.39 is 17.8 Å². The first-order chi connectivity index (χ1) is 6.60. The van der Waals surface area contributed by atoms with E-state index in [4.69, 9.17) is 5.73 Å². The molecule has 0 unspecified atom stereocenters. The van der Waals surface area contributed by atoms with Gasteiger partial charge in [0.05, 0.1) is 18.4 Å². The van der Waals surface area contributed by atoms with E-state index in [0.29, 0.717) is 0 Å². The molecule has 0 saturated heterocycles. The molecule has 1 heterocycles. The van der Waals surface area contributed by atoms with Crippen molar-refractivity contribution >= 4 is 0 Å². The number of aromatic nitrogens is 1. The van der Waals surface area contributed by atoms with Crippen LogP contribution in [0, 0.1) is 5.82 Å². The molecule has 0 aliphatic heterocycles. The van der Waals surface area contributed by atoms with Crippen LogP contribution >= 0.6 is 0 Å². The highest BCUT2D eigenvalue weighted by Gasteiger charge is 2.20. The minimum atomic E-state index is -2.92. The van der Waals surface area contributed by atoms with Crippen molar-refractivity contribution in [1.29, 1.82) is 0 Å². The maximum atomic E-state index is 13.1. The molecular formula is C8H9F3N2O. The lowest BCUT2D eigenvalue weighted by Gasteiger charge is -2.09. The molecule has 0 aliphatic carbocycles. The summed E-state index contributed by atoms with van der Waals surface area (Å²) in [5, 5.41) is 0. The van der Waals surface area contributed by atoms with Gasteiger partial charge in [-0.1, -0.05) is 0 Å². The Kier molecular flexibility index (Phi) is 3.29. The van der Waals surface area contributed by atoms with Crippen LogP contribution in [0.25, 0.3) is 0 Å². The number of ether oxygens (including phenoxy) is 1. The Hall–Kier alpha value is -1.30. The summed E-state index contributed by atoms with van der Waals surface area (Å²) < 4.78 is 42.4. The first kappa shape index (κ1) is 10.8. The minimum Gasteiger partial charge on any atom is -0.481 e.